The zero-order chi connectivity index (χ0) is 12.8. The van der Waals surface area contributed by atoms with Gasteiger partial charge in [-0.05, 0) is 19.3 Å². The molecule has 1 unspecified atom stereocenters. The van der Waals surface area contributed by atoms with Gasteiger partial charge >= 0.3 is 6.01 Å². The number of rotatable bonds is 6. The Morgan fingerprint density at radius 2 is 1.94 bits per heavy atom. The lowest BCUT2D eigenvalue weighted by atomic mass is 10.0. The lowest BCUT2D eigenvalue weighted by Crippen LogP contribution is -2.26. The van der Waals surface area contributed by atoms with Crippen molar-refractivity contribution >= 4 is 11.9 Å². The minimum Gasteiger partial charge on any atom is -0.464 e. The highest BCUT2D eigenvalue weighted by Crippen LogP contribution is 2.14. The minimum atomic E-state index is 0.171. The number of nitrogens with two attached hydrogens (primary N) is 1. The van der Waals surface area contributed by atoms with Crippen molar-refractivity contribution in [3.8, 4) is 6.01 Å². The van der Waals surface area contributed by atoms with E-state index in [1.54, 1.807) is 0 Å². The van der Waals surface area contributed by atoms with Crippen molar-refractivity contribution in [3.63, 3.8) is 0 Å². The van der Waals surface area contributed by atoms with E-state index in [0.29, 0.717) is 24.5 Å². The van der Waals surface area contributed by atoms with E-state index in [0.717, 1.165) is 6.42 Å². The van der Waals surface area contributed by atoms with Gasteiger partial charge in [0, 0.05) is 6.04 Å². The predicted octanol–water partition coefficient (Wildman–Crippen LogP) is 1.70. The van der Waals surface area contributed by atoms with Crippen molar-refractivity contribution in [2.24, 2.45) is 5.92 Å². The molecule has 0 saturated carbocycles. The van der Waals surface area contributed by atoms with Crippen molar-refractivity contribution in [1.82, 2.24) is 15.0 Å². The van der Waals surface area contributed by atoms with E-state index >= 15 is 0 Å². The molecule has 0 saturated heterocycles. The summed E-state index contributed by atoms with van der Waals surface area (Å²) in [6.45, 7) is 8.79. The molecular weight excluding hydrogens is 218 g/mol. The van der Waals surface area contributed by atoms with E-state index in [2.05, 4.69) is 41.0 Å². The van der Waals surface area contributed by atoms with Gasteiger partial charge in [-0.25, -0.2) is 0 Å². The van der Waals surface area contributed by atoms with Crippen LogP contribution in [0, 0.1) is 5.92 Å². The van der Waals surface area contributed by atoms with Crippen LogP contribution in [0.2, 0.25) is 0 Å². The maximum absolute atomic E-state index is 5.60. The second-order valence-corrected chi connectivity index (χ2v) is 4.14. The summed E-state index contributed by atoms with van der Waals surface area (Å²) in [5, 5.41) is 3.25. The Kier molecular flexibility index (Phi) is 4.93. The molecule has 1 heterocycles. The number of ether oxygens (including phenoxy) is 1. The van der Waals surface area contributed by atoms with Crippen LogP contribution in [0.4, 0.5) is 11.9 Å². The van der Waals surface area contributed by atoms with Crippen LogP contribution < -0.4 is 15.8 Å². The molecule has 0 spiro atoms. The molecule has 1 aromatic rings. The van der Waals surface area contributed by atoms with E-state index < -0.39 is 0 Å². The van der Waals surface area contributed by atoms with Gasteiger partial charge in [-0.1, -0.05) is 20.8 Å². The third-order valence-electron chi connectivity index (χ3n) is 2.46. The maximum Gasteiger partial charge on any atom is 0.323 e. The first kappa shape index (κ1) is 13.5. The molecule has 0 aliphatic carbocycles. The summed E-state index contributed by atoms with van der Waals surface area (Å²) in [6, 6.07) is 0.576. The Morgan fingerprint density at radius 1 is 1.24 bits per heavy atom. The van der Waals surface area contributed by atoms with Gasteiger partial charge < -0.3 is 15.8 Å². The Labute approximate surface area is 102 Å². The van der Waals surface area contributed by atoms with Crippen LogP contribution in [-0.2, 0) is 0 Å². The molecular formula is C11H21N5O. The second kappa shape index (κ2) is 6.22. The van der Waals surface area contributed by atoms with Crippen molar-refractivity contribution in [2.45, 2.75) is 40.2 Å². The van der Waals surface area contributed by atoms with Crippen LogP contribution >= 0.6 is 0 Å². The summed E-state index contributed by atoms with van der Waals surface area (Å²) in [7, 11) is 0. The third kappa shape index (κ3) is 4.05. The second-order valence-electron chi connectivity index (χ2n) is 4.14. The quantitative estimate of drug-likeness (QED) is 0.785. The molecule has 1 atom stereocenters. The van der Waals surface area contributed by atoms with Crippen molar-refractivity contribution in [3.05, 3.63) is 0 Å². The topological polar surface area (TPSA) is 86.0 Å². The van der Waals surface area contributed by atoms with Gasteiger partial charge in [0.05, 0.1) is 6.61 Å². The van der Waals surface area contributed by atoms with Crippen molar-refractivity contribution < 1.29 is 4.74 Å². The fraction of sp³-hybridized carbons (Fsp3) is 0.727. The molecule has 0 bridgehead atoms. The third-order valence-corrected chi connectivity index (χ3v) is 2.46. The van der Waals surface area contributed by atoms with E-state index in [-0.39, 0.29) is 12.0 Å². The predicted molar refractivity (Wildman–Crippen MR) is 67.9 cm³/mol. The molecule has 0 fully saturated rings. The van der Waals surface area contributed by atoms with Gasteiger partial charge in [0.2, 0.25) is 11.9 Å². The number of nitrogen functional groups attached to an aromatic ring is 1. The fourth-order valence-corrected chi connectivity index (χ4v) is 1.54. The first-order valence-corrected chi connectivity index (χ1v) is 5.97. The van der Waals surface area contributed by atoms with Gasteiger partial charge in [0.1, 0.15) is 0 Å². The molecule has 1 aromatic heterocycles. The Hall–Kier alpha value is -1.59. The molecule has 17 heavy (non-hydrogen) atoms. The molecule has 6 heteroatoms. The zero-order valence-corrected chi connectivity index (χ0v) is 10.9. The minimum absolute atomic E-state index is 0.171. The van der Waals surface area contributed by atoms with E-state index in [4.69, 9.17) is 10.5 Å². The largest absolute Gasteiger partial charge is 0.464 e. The standard InChI is InChI=1S/C11H21N5O/c1-5-8(7(3)4)13-10-14-9(12)15-11(16-10)17-6-2/h7-8H,5-6H2,1-4H3,(H3,12,13,14,15,16). The average Bonchev–Trinajstić information content (AvgIpc) is 2.25. The monoisotopic (exact) mass is 239 g/mol. The molecule has 0 aromatic carbocycles. The molecule has 1 rings (SSSR count). The molecule has 3 N–H and O–H groups in total. The summed E-state index contributed by atoms with van der Waals surface area (Å²) in [4.78, 5) is 12.1. The highest BCUT2D eigenvalue weighted by atomic mass is 16.5. The molecule has 0 radical (unpaired) electrons. The fourth-order valence-electron chi connectivity index (χ4n) is 1.54. The lowest BCUT2D eigenvalue weighted by Gasteiger charge is -2.20. The van der Waals surface area contributed by atoms with Crippen molar-refractivity contribution in [1.29, 1.82) is 0 Å². The summed E-state index contributed by atoms with van der Waals surface area (Å²) in [6.07, 6.45) is 0.993. The smallest absolute Gasteiger partial charge is 0.323 e. The number of anilines is 2. The molecule has 0 aliphatic heterocycles. The van der Waals surface area contributed by atoms with Crippen LogP contribution in [-0.4, -0.2) is 27.6 Å². The number of aromatic nitrogens is 3. The van der Waals surface area contributed by atoms with Gasteiger partial charge in [-0.3, -0.25) is 0 Å². The first-order chi connectivity index (χ1) is 8.06. The summed E-state index contributed by atoms with van der Waals surface area (Å²) < 4.78 is 5.22. The van der Waals surface area contributed by atoms with E-state index in [9.17, 15) is 0 Å². The SMILES string of the molecule is CCOc1nc(N)nc(NC(CC)C(C)C)n1. The number of nitrogens with zero attached hydrogens (tertiary/aromatic N) is 3. The highest BCUT2D eigenvalue weighted by Gasteiger charge is 2.13. The van der Waals surface area contributed by atoms with Gasteiger partial charge in [-0.2, -0.15) is 15.0 Å². The molecule has 0 aliphatic rings. The maximum atomic E-state index is 5.60. The summed E-state index contributed by atoms with van der Waals surface area (Å²) in [5.41, 5.74) is 5.60. The van der Waals surface area contributed by atoms with Gasteiger partial charge in [0.25, 0.3) is 0 Å². The van der Waals surface area contributed by atoms with Crippen LogP contribution in [0.25, 0.3) is 0 Å². The normalized spacial score (nSPS) is 12.5. The van der Waals surface area contributed by atoms with Crippen LogP contribution in [0.15, 0.2) is 0 Å². The summed E-state index contributed by atoms with van der Waals surface area (Å²) >= 11 is 0. The van der Waals surface area contributed by atoms with E-state index in [1.807, 2.05) is 6.92 Å². The zero-order valence-electron chi connectivity index (χ0n) is 10.9. The van der Waals surface area contributed by atoms with Crippen LogP contribution in [0.5, 0.6) is 6.01 Å². The Morgan fingerprint density at radius 3 is 2.47 bits per heavy atom. The van der Waals surface area contributed by atoms with Gasteiger partial charge in [-0.15, -0.1) is 0 Å². The molecule has 6 nitrogen and oxygen atoms in total. The molecule has 96 valence electrons. The van der Waals surface area contributed by atoms with Crippen molar-refractivity contribution in [2.75, 3.05) is 17.7 Å². The van der Waals surface area contributed by atoms with E-state index in [1.165, 1.54) is 0 Å². The molecule has 0 amide bonds. The number of hydrogen-bond acceptors (Lipinski definition) is 6. The summed E-state index contributed by atoms with van der Waals surface area (Å²) in [5.74, 6) is 1.14. The highest BCUT2D eigenvalue weighted by molar-refractivity contribution is 5.33. The number of nitrogens with one attached hydrogen (secondary N) is 1. The van der Waals surface area contributed by atoms with Crippen LogP contribution in [0.1, 0.15) is 34.1 Å². The Balaban J connectivity index is 2.82. The average molecular weight is 239 g/mol. The lowest BCUT2D eigenvalue weighted by molar-refractivity contribution is 0.312. The number of hydrogen-bond donors (Lipinski definition) is 2. The van der Waals surface area contributed by atoms with Crippen LogP contribution in [0.3, 0.4) is 0 Å². The Bertz CT molecular complexity index is 356. The van der Waals surface area contributed by atoms with Gasteiger partial charge in [0.15, 0.2) is 0 Å². The first-order valence-electron chi connectivity index (χ1n) is 5.97.